The van der Waals surface area contributed by atoms with Gasteiger partial charge in [0.15, 0.2) is 5.75 Å². The number of pyridine rings is 2. The number of aromatic nitrogens is 2. The third-order valence-electron chi connectivity index (χ3n) is 9.07. The van der Waals surface area contributed by atoms with Crippen molar-refractivity contribution in [2.45, 2.75) is 50.9 Å². The third-order valence-corrected chi connectivity index (χ3v) is 9.07. The number of hydrogen-bond donors (Lipinski definition) is 1. The molecule has 0 aliphatic carbocycles. The number of likely N-dealkylation sites (tertiary alicyclic amines) is 1. The lowest BCUT2D eigenvalue weighted by molar-refractivity contribution is 0.0121. The van der Waals surface area contributed by atoms with Crippen molar-refractivity contribution in [3.8, 4) is 5.75 Å². The summed E-state index contributed by atoms with van der Waals surface area (Å²) in [5.41, 5.74) is 2.58. The van der Waals surface area contributed by atoms with Crippen LogP contribution in [0.15, 0.2) is 33.9 Å². The first-order valence-corrected chi connectivity index (χ1v) is 13.8. The van der Waals surface area contributed by atoms with Gasteiger partial charge >= 0.3 is 0 Å². The monoisotopic (exact) mass is 509 g/mol. The lowest BCUT2D eigenvalue weighted by Crippen LogP contribution is -2.51. The van der Waals surface area contributed by atoms with E-state index in [0.29, 0.717) is 36.7 Å². The first-order chi connectivity index (χ1) is 18.0. The molecule has 1 N–H and O–H groups in total. The summed E-state index contributed by atoms with van der Waals surface area (Å²) >= 11 is 0. The molecule has 0 amide bonds. The van der Waals surface area contributed by atoms with Gasteiger partial charge in [0.1, 0.15) is 0 Å². The van der Waals surface area contributed by atoms with Crippen LogP contribution < -0.4 is 11.0 Å². The number of rotatable bonds is 5. The van der Waals surface area contributed by atoms with E-state index in [9.17, 15) is 14.7 Å². The molecule has 4 aliphatic rings. The summed E-state index contributed by atoms with van der Waals surface area (Å²) in [6.07, 6.45) is 3.33. The summed E-state index contributed by atoms with van der Waals surface area (Å²) in [4.78, 5) is 32.5. The van der Waals surface area contributed by atoms with Crippen LogP contribution in [0.5, 0.6) is 5.75 Å². The SMILES string of the molecule is Cn1c(CN2C[C@@H]3C[C@H](C2)c2cccc(=O)n2C3)cc(=O)c(O)c1CN1CCN(C2CCOCC2)CC1. The van der Waals surface area contributed by atoms with Crippen molar-refractivity contribution >= 4 is 0 Å². The summed E-state index contributed by atoms with van der Waals surface area (Å²) in [6.45, 7) is 9.41. The molecule has 6 heterocycles. The highest BCUT2D eigenvalue weighted by atomic mass is 16.5. The molecule has 3 saturated heterocycles. The molecule has 0 saturated carbocycles. The van der Waals surface area contributed by atoms with Gasteiger partial charge in [0.2, 0.25) is 5.43 Å². The lowest BCUT2D eigenvalue weighted by atomic mass is 9.83. The second kappa shape index (κ2) is 10.4. The minimum absolute atomic E-state index is 0.0971. The number of fused-ring (bicyclic) bond motifs is 4. The quantitative estimate of drug-likeness (QED) is 0.648. The third kappa shape index (κ3) is 5.02. The van der Waals surface area contributed by atoms with Gasteiger partial charge in [-0.1, -0.05) is 6.07 Å². The van der Waals surface area contributed by atoms with Crippen molar-refractivity contribution in [3.63, 3.8) is 0 Å². The van der Waals surface area contributed by atoms with Gasteiger partial charge in [0.25, 0.3) is 5.56 Å². The Morgan fingerprint density at radius 2 is 1.76 bits per heavy atom. The summed E-state index contributed by atoms with van der Waals surface area (Å²) in [5, 5.41) is 10.7. The second-order valence-electron chi connectivity index (χ2n) is 11.4. The van der Waals surface area contributed by atoms with Gasteiger partial charge in [-0.25, -0.2) is 0 Å². The molecule has 6 rings (SSSR count). The Bertz CT molecular complexity index is 1240. The van der Waals surface area contributed by atoms with E-state index < -0.39 is 0 Å². The van der Waals surface area contributed by atoms with Crippen molar-refractivity contribution in [1.29, 1.82) is 0 Å². The zero-order valence-corrected chi connectivity index (χ0v) is 21.8. The van der Waals surface area contributed by atoms with Gasteiger partial charge in [-0.3, -0.25) is 24.3 Å². The Labute approximate surface area is 217 Å². The molecule has 2 aromatic rings. The maximum atomic E-state index is 12.8. The molecule has 0 unspecified atom stereocenters. The Morgan fingerprint density at radius 3 is 2.54 bits per heavy atom. The van der Waals surface area contributed by atoms with Gasteiger partial charge in [0.05, 0.1) is 5.69 Å². The van der Waals surface area contributed by atoms with Crippen LogP contribution >= 0.6 is 0 Å². The zero-order chi connectivity index (χ0) is 25.5. The van der Waals surface area contributed by atoms with E-state index in [1.165, 1.54) is 0 Å². The number of piperazine rings is 1. The Balaban J connectivity index is 1.14. The average molecular weight is 510 g/mol. The van der Waals surface area contributed by atoms with Crippen LogP contribution in [0, 0.1) is 5.92 Å². The molecule has 200 valence electrons. The van der Waals surface area contributed by atoms with E-state index in [0.717, 1.165) is 89.7 Å². The number of nitrogens with zero attached hydrogens (tertiary/aromatic N) is 5. The van der Waals surface area contributed by atoms with Crippen LogP contribution in [-0.2, 0) is 31.4 Å². The highest BCUT2D eigenvalue weighted by molar-refractivity contribution is 5.30. The van der Waals surface area contributed by atoms with Crippen LogP contribution in [0.1, 0.15) is 42.3 Å². The Morgan fingerprint density at radius 1 is 0.973 bits per heavy atom. The largest absolute Gasteiger partial charge is 0.503 e. The minimum atomic E-state index is -0.293. The zero-order valence-electron chi connectivity index (χ0n) is 21.8. The summed E-state index contributed by atoms with van der Waals surface area (Å²) in [7, 11) is 1.97. The van der Waals surface area contributed by atoms with Crippen LogP contribution in [0.4, 0.5) is 0 Å². The Hall–Kier alpha value is -2.46. The minimum Gasteiger partial charge on any atom is -0.503 e. The molecular weight excluding hydrogens is 470 g/mol. The second-order valence-corrected chi connectivity index (χ2v) is 11.4. The normalized spacial score (nSPS) is 25.8. The van der Waals surface area contributed by atoms with E-state index in [2.05, 4.69) is 20.8 Å². The van der Waals surface area contributed by atoms with E-state index >= 15 is 0 Å². The predicted octanol–water partition coefficient (Wildman–Crippen LogP) is 1.17. The fraction of sp³-hybridized carbons (Fsp3) is 0.643. The predicted molar refractivity (Wildman–Crippen MR) is 141 cm³/mol. The van der Waals surface area contributed by atoms with Crippen molar-refractivity contribution in [2.24, 2.45) is 13.0 Å². The standard InChI is InChI=1S/C28H39N5O4/c1-29-23(18-31-15-20-13-21(17-31)24-3-2-4-27(35)33(24)16-20)14-26(34)28(36)25(29)19-30-7-9-32(10-8-30)22-5-11-37-12-6-22/h2-4,14,20-22,36H,5-13,15-19H2,1H3/t20-,21+/m0/s1. The molecule has 0 spiro atoms. The summed E-state index contributed by atoms with van der Waals surface area (Å²) < 4.78 is 9.50. The van der Waals surface area contributed by atoms with Gasteiger partial charge in [0, 0.05) is 115 Å². The van der Waals surface area contributed by atoms with Crippen LogP contribution in [0.2, 0.25) is 0 Å². The first-order valence-electron chi connectivity index (χ1n) is 13.8. The Kier molecular flexibility index (Phi) is 6.96. The van der Waals surface area contributed by atoms with Crippen molar-refractivity contribution in [3.05, 3.63) is 61.9 Å². The van der Waals surface area contributed by atoms with Crippen molar-refractivity contribution < 1.29 is 9.84 Å². The molecule has 3 fully saturated rings. The van der Waals surface area contributed by atoms with E-state index in [1.807, 2.05) is 22.2 Å². The molecule has 9 heteroatoms. The van der Waals surface area contributed by atoms with Gasteiger partial charge < -0.3 is 19.0 Å². The number of aromatic hydroxyl groups is 1. The highest BCUT2D eigenvalue weighted by Gasteiger charge is 2.35. The van der Waals surface area contributed by atoms with Gasteiger partial charge in [-0.15, -0.1) is 0 Å². The smallest absolute Gasteiger partial charge is 0.250 e. The summed E-state index contributed by atoms with van der Waals surface area (Å²) in [6, 6.07) is 7.83. The highest BCUT2D eigenvalue weighted by Crippen LogP contribution is 2.35. The van der Waals surface area contributed by atoms with Crippen molar-refractivity contribution in [2.75, 3.05) is 52.5 Å². The molecule has 2 aromatic heterocycles. The average Bonchev–Trinajstić information content (AvgIpc) is 2.91. The number of piperidine rings is 1. The van der Waals surface area contributed by atoms with Crippen molar-refractivity contribution in [1.82, 2.24) is 23.8 Å². The van der Waals surface area contributed by atoms with Gasteiger partial charge in [-0.05, 0) is 31.2 Å². The first kappa shape index (κ1) is 24.9. The number of hydrogen-bond acceptors (Lipinski definition) is 7. The van der Waals surface area contributed by atoms with Crippen LogP contribution in [0.3, 0.4) is 0 Å². The number of ether oxygens (including phenoxy) is 1. The molecule has 4 aliphatic heterocycles. The molecule has 2 atom stereocenters. The topological polar surface area (TPSA) is 83.2 Å². The molecule has 0 radical (unpaired) electrons. The maximum Gasteiger partial charge on any atom is 0.250 e. The van der Waals surface area contributed by atoms with Crippen LogP contribution in [0.25, 0.3) is 0 Å². The molecule has 9 nitrogen and oxygen atoms in total. The maximum absolute atomic E-state index is 12.8. The summed E-state index contributed by atoms with van der Waals surface area (Å²) in [5.74, 6) is 0.649. The van der Waals surface area contributed by atoms with E-state index in [-0.39, 0.29) is 16.7 Å². The lowest BCUT2D eigenvalue weighted by Gasteiger charge is -2.43. The fourth-order valence-corrected chi connectivity index (χ4v) is 7.03. The van der Waals surface area contributed by atoms with E-state index in [4.69, 9.17) is 4.74 Å². The molecular formula is C28H39N5O4. The van der Waals surface area contributed by atoms with Gasteiger partial charge in [-0.2, -0.15) is 0 Å². The van der Waals surface area contributed by atoms with E-state index in [1.54, 1.807) is 12.1 Å². The van der Waals surface area contributed by atoms with Crippen LogP contribution in [-0.4, -0.2) is 87.5 Å². The molecule has 0 aromatic carbocycles. The fourth-order valence-electron chi connectivity index (χ4n) is 7.03. The molecule has 37 heavy (non-hydrogen) atoms. The molecule has 2 bridgehead atoms.